The number of oxime groups is 1. The fraction of sp³-hybridized carbons (Fsp3) is 0.300. The van der Waals surface area contributed by atoms with Crippen molar-refractivity contribution in [2.75, 3.05) is 12.3 Å². The van der Waals surface area contributed by atoms with Crippen molar-refractivity contribution in [1.29, 1.82) is 0 Å². The van der Waals surface area contributed by atoms with Crippen molar-refractivity contribution in [2.45, 2.75) is 12.6 Å². The van der Waals surface area contributed by atoms with E-state index >= 15 is 0 Å². The molecule has 1 atom stereocenters. The van der Waals surface area contributed by atoms with Crippen molar-refractivity contribution < 1.29 is 27.4 Å². The molecule has 0 unspecified atom stereocenters. The van der Waals surface area contributed by atoms with Crippen molar-refractivity contribution in [3.8, 4) is 0 Å². The number of nitrogens with two attached hydrogens (primary N) is 1. The van der Waals surface area contributed by atoms with Crippen molar-refractivity contribution in [3.63, 3.8) is 0 Å². The van der Waals surface area contributed by atoms with Crippen molar-refractivity contribution in [2.24, 2.45) is 5.16 Å². The summed E-state index contributed by atoms with van der Waals surface area (Å²) in [4.78, 5) is 33.1. The number of aromatic amines is 1. The highest BCUT2D eigenvalue weighted by molar-refractivity contribution is 7.84. The summed E-state index contributed by atoms with van der Waals surface area (Å²) < 4.78 is 30.9. The van der Waals surface area contributed by atoms with Gasteiger partial charge in [0.1, 0.15) is 11.7 Å². The number of carbonyl (C=O) groups is 2. The molecule has 15 nitrogen and oxygen atoms in total. The molecule has 0 bridgehead atoms. The third kappa shape index (κ3) is 4.15. The number of carbonyl (C=O) groups excluding carboxylic acids is 2. The number of nitrogens with one attached hydrogen (secondary N) is 2. The smallest absolute Gasteiger partial charge is 0.362 e. The van der Waals surface area contributed by atoms with E-state index in [0.29, 0.717) is 0 Å². The monoisotopic (exact) mass is 417 g/mol. The number of amides is 2. The molecule has 5 N–H and O–H groups in total. The lowest BCUT2D eigenvalue weighted by Crippen LogP contribution is -2.65. The van der Waals surface area contributed by atoms with Gasteiger partial charge in [-0.2, -0.15) is 8.42 Å². The van der Waals surface area contributed by atoms with Gasteiger partial charge in [-0.15, -0.1) is 16.4 Å². The second-order valence-corrected chi connectivity index (χ2v) is 7.23. The van der Waals surface area contributed by atoms with Gasteiger partial charge in [-0.1, -0.05) is 5.16 Å². The van der Waals surface area contributed by atoms with E-state index in [1.165, 1.54) is 5.38 Å². The zero-order chi connectivity index (χ0) is 19.6. The Balaban J connectivity index is 1.71. The largest absolute Gasteiger partial charge is 0.387 e. The fourth-order valence-corrected chi connectivity index (χ4v) is 3.18. The van der Waals surface area contributed by atoms with Crippen molar-refractivity contribution in [1.82, 2.24) is 35.2 Å². The Kier molecular flexibility index (Phi) is 4.97. The minimum Gasteiger partial charge on any atom is -0.387 e. The van der Waals surface area contributed by atoms with E-state index in [2.05, 4.69) is 36.1 Å². The molecule has 0 aliphatic carbocycles. The summed E-state index contributed by atoms with van der Waals surface area (Å²) in [6.07, 6.45) is 0. The highest BCUT2D eigenvalue weighted by Crippen LogP contribution is 2.16. The van der Waals surface area contributed by atoms with Gasteiger partial charge in [0, 0.05) is 5.38 Å². The third-order valence-electron chi connectivity index (χ3n) is 3.20. The number of tetrazole rings is 1. The molecule has 0 spiro atoms. The van der Waals surface area contributed by atoms with Crippen LogP contribution in [0.5, 0.6) is 0 Å². The first-order valence-corrected chi connectivity index (χ1v) is 9.27. The van der Waals surface area contributed by atoms with Crippen LogP contribution in [-0.4, -0.2) is 73.0 Å². The number of rotatable bonds is 7. The van der Waals surface area contributed by atoms with Gasteiger partial charge in [-0.3, -0.25) is 14.1 Å². The standard InChI is InChI=1S/C10H11N9O6S2/c11-10-13-5(3-26-10)7(16-25-2-6-14-17-18-15-6)8(20)12-4-1-19(9(4)21)27(22,23)24/h3-4H,1-2H2,(H2,11,13)(H,12,20)(H,22,23,24)(H,14,15,17,18)/t4-/m0/s1. The number of anilines is 1. The Morgan fingerprint density at radius 2 is 2.37 bits per heavy atom. The first-order chi connectivity index (χ1) is 12.8. The van der Waals surface area contributed by atoms with E-state index in [-0.39, 0.29) is 33.3 Å². The normalized spacial score (nSPS) is 17.5. The van der Waals surface area contributed by atoms with Gasteiger partial charge >= 0.3 is 10.3 Å². The highest BCUT2D eigenvalue weighted by Gasteiger charge is 2.45. The average Bonchev–Trinajstić information content (AvgIpc) is 3.25. The molecular formula is C10H11N9O6S2. The van der Waals surface area contributed by atoms with E-state index in [1.54, 1.807) is 0 Å². The van der Waals surface area contributed by atoms with Crippen LogP contribution in [0.1, 0.15) is 11.5 Å². The van der Waals surface area contributed by atoms with Gasteiger partial charge in [0.05, 0.1) is 6.54 Å². The summed E-state index contributed by atoms with van der Waals surface area (Å²) >= 11 is 1.05. The van der Waals surface area contributed by atoms with Gasteiger partial charge in [0.2, 0.25) is 0 Å². The molecule has 1 fully saturated rings. The summed E-state index contributed by atoms with van der Waals surface area (Å²) in [5, 5.41) is 20.2. The lowest BCUT2D eigenvalue weighted by Gasteiger charge is -2.35. The molecule has 27 heavy (non-hydrogen) atoms. The topological polar surface area (TPSA) is 219 Å². The molecule has 2 aromatic heterocycles. The van der Waals surface area contributed by atoms with E-state index in [9.17, 15) is 18.0 Å². The zero-order valence-electron chi connectivity index (χ0n) is 13.1. The van der Waals surface area contributed by atoms with Crippen LogP contribution < -0.4 is 11.1 Å². The maximum Gasteiger partial charge on any atom is 0.362 e. The first kappa shape index (κ1) is 18.6. The number of aromatic nitrogens is 5. The van der Waals surface area contributed by atoms with Crippen LogP contribution >= 0.6 is 11.3 Å². The van der Waals surface area contributed by atoms with Crippen LogP contribution in [0.3, 0.4) is 0 Å². The third-order valence-corrected chi connectivity index (χ3v) is 4.76. The van der Waals surface area contributed by atoms with Gasteiger partial charge in [-0.05, 0) is 10.4 Å². The molecule has 0 radical (unpaired) electrons. The number of nitrogens with zero attached hydrogens (tertiary/aromatic N) is 6. The number of β-lactam (4-membered cyclic amide) rings is 1. The molecule has 17 heteroatoms. The predicted octanol–water partition coefficient (Wildman–Crippen LogP) is -2.71. The Hall–Kier alpha value is -3.18. The maximum absolute atomic E-state index is 12.4. The Morgan fingerprint density at radius 1 is 1.59 bits per heavy atom. The van der Waals surface area contributed by atoms with Gasteiger partial charge in [-0.25, -0.2) is 14.4 Å². The van der Waals surface area contributed by atoms with Gasteiger partial charge < -0.3 is 15.9 Å². The SMILES string of the molecule is Nc1nc(C(=NOCc2nnn[nH]2)C(=O)N[C@H]2CN(S(=O)(=O)O)C2=O)cs1. The molecule has 2 aromatic rings. The minimum atomic E-state index is -4.66. The molecule has 3 rings (SSSR count). The second-order valence-electron chi connectivity index (χ2n) is 5.01. The number of hydrogen-bond acceptors (Lipinski definition) is 12. The summed E-state index contributed by atoms with van der Waals surface area (Å²) in [7, 11) is -4.66. The molecule has 144 valence electrons. The molecule has 0 aromatic carbocycles. The average molecular weight is 417 g/mol. The number of nitrogen functional groups attached to an aromatic ring is 1. The molecule has 0 saturated carbocycles. The van der Waals surface area contributed by atoms with Gasteiger partial charge in [0.25, 0.3) is 11.8 Å². The highest BCUT2D eigenvalue weighted by atomic mass is 32.2. The zero-order valence-corrected chi connectivity index (χ0v) is 14.8. The molecule has 3 heterocycles. The van der Waals surface area contributed by atoms with E-state index in [4.69, 9.17) is 15.1 Å². The summed E-state index contributed by atoms with van der Waals surface area (Å²) in [5.74, 6) is -1.60. The molecule has 1 aliphatic rings. The Bertz CT molecular complexity index is 985. The maximum atomic E-state index is 12.4. The molecule has 2 amide bonds. The van der Waals surface area contributed by atoms with Gasteiger partial charge in [0.15, 0.2) is 23.3 Å². The lowest BCUT2D eigenvalue weighted by molar-refractivity contribution is -0.139. The first-order valence-electron chi connectivity index (χ1n) is 6.99. The van der Waals surface area contributed by atoms with Crippen LogP contribution in [0.25, 0.3) is 0 Å². The van der Waals surface area contributed by atoms with Crippen LogP contribution in [0.2, 0.25) is 0 Å². The lowest BCUT2D eigenvalue weighted by atomic mass is 10.1. The number of hydrogen-bond donors (Lipinski definition) is 4. The summed E-state index contributed by atoms with van der Waals surface area (Å²) in [6, 6.07) is -1.15. The van der Waals surface area contributed by atoms with Crippen LogP contribution in [0, 0.1) is 0 Å². The van der Waals surface area contributed by atoms with Crippen LogP contribution in [-0.2, 0) is 31.3 Å². The number of thiazole rings is 1. The Labute approximate surface area is 154 Å². The Morgan fingerprint density at radius 3 is 2.93 bits per heavy atom. The predicted molar refractivity (Wildman–Crippen MR) is 87.2 cm³/mol. The summed E-state index contributed by atoms with van der Waals surface area (Å²) in [5.41, 5.74) is 5.33. The minimum absolute atomic E-state index is 0.0871. The van der Waals surface area contributed by atoms with E-state index < -0.39 is 34.7 Å². The molecular weight excluding hydrogens is 406 g/mol. The van der Waals surface area contributed by atoms with Crippen LogP contribution in [0.15, 0.2) is 10.5 Å². The molecule has 1 aliphatic heterocycles. The van der Waals surface area contributed by atoms with E-state index in [1.807, 2.05) is 0 Å². The van der Waals surface area contributed by atoms with Crippen LogP contribution in [0.4, 0.5) is 5.13 Å². The van der Waals surface area contributed by atoms with E-state index in [0.717, 1.165) is 11.3 Å². The van der Waals surface area contributed by atoms with Crippen molar-refractivity contribution >= 4 is 44.3 Å². The number of H-pyrrole nitrogens is 1. The summed E-state index contributed by atoms with van der Waals surface area (Å²) in [6.45, 7) is -0.594. The fourth-order valence-electron chi connectivity index (χ4n) is 1.94. The van der Waals surface area contributed by atoms with Crippen molar-refractivity contribution in [3.05, 3.63) is 16.9 Å². The quantitative estimate of drug-likeness (QED) is 0.157. The molecule has 1 saturated heterocycles. The second kappa shape index (κ2) is 7.21.